The van der Waals surface area contributed by atoms with Crippen molar-refractivity contribution in [2.24, 2.45) is 0 Å². The number of piperidine rings is 1. The molecule has 2 fully saturated rings. The van der Waals surface area contributed by atoms with E-state index in [4.69, 9.17) is 4.52 Å². The van der Waals surface area contributed by atoms with E-state index in [1.54, 1.807) is 6.20 Å². The Morgan fingerprint density at radius 2 is 2.11 bits per heavy atom. The molecule has 7 nitrogen and oxygen atoms in total. The van der Waals surface area contributed by atoms with Crippen LogP contribution in [0.4, 0.5) is 5.82 Å². The lowest BCUT2D eigenvalue weighted by Gasteiger charge is -2.39. The smallest absolute Gasteiger partial charge is 0.261 e. The Morgan fingerprint density at radius 1 is 1.29 bits per heavy atom. The van der Waals surface area contributed by atoms with E-state index in [-0.39, 0.29) is 6.04 Å². The average molecular weight is 450 g/mol. The summed E-state index contributed by atoms with van der Waals surface area (Å²) in [6, 6.07) is 2.65. The number of aromatic nitrogens is 3. The molecule has 2 atom stereocenters. The topological polar surface area (TPSA) is 87.3 Å². The summed E-state index contributed by atoms with van der Waals surface area (Å²) >= 11 is 3.49. The molecule has 3 heterocycles. The lowest BCUT2D eigenvalue weighted by Crippen LogP contribution is -2.55. The van der Waals surface area contributed by atoms with Crippen LogP contribution < -0.4 is 10.2 Å². The van der Waals surface area contributed by atoms with Crippen LogP contribution in [0.5, 0.6) is 0 Å². The maximum atomic E-state index is 10.8. The van der Waals surface area contributed by atoms with Gasteiger partial charge < -0.3 is 19.8 Å². The highest BCUT2D eigenvalue weighted by atomic mass is 79.9. The number of nitrogens with one attached hydrogen (secondary N) is 1. The van der Waals surface area contributed by atoms with Crippen molar-refractivity contribution in [1.29, 1.82) is 0 Å². The van der Waals surface area contributed by atoms with Crippen LogP contribution in [0, 0.1) is 0 Å². The quantitative estimate of drug-likeness (QED) is 0.723. The molecule has 2 aromatic heterocycles. The number of nitrogens with zero attached hydrogens (tertiary/aromatic N) is 4. The van der Waals surface area contributed by atoms with Crippen molar-refractivity contribution in [2.75, 3.05) is 18.0 Å². The first-order chi connectivity index (χ1) is 13.6. The maximum Gasteiger partial charge on any atom is 0.261 e. The molecule has 1 saturated heterocycles. The highest BCUT2D eigenvalue weighted by Crippen LogP contribution is 2.32. The zero-order valence-corrected chi connectivity index (χ0v) is 17.9. The van der Waals surface area contributed by atoms with E-state index < -0.39 is 6.10 Å². The molecule has 4 rings (SSSR count). The lowest BCUT2D eigenvalue weighted by atomic mass is 9.92. The minimum absolute atomic E-state index is 0.147. The van der Waals surface area contributed by atoms with Crippen LogP contribution in [-0.4, -0.2) is 51.5 Å². The van der Waals surface area contributed by atoms with Gasteiger partial charge in [-0.2, -0.15) is 4.98 Å². The second-order valence-electron chi connectivity index (χ2n) is 7.80. The Bertz CT molecular complexity index is 793. The molecule has 2 aromatic rings. The van der Waals surface area contributed by atoms with Crippen LogP contribution in [0.3, 0.4) is 0 Å². The van der Waals surface area contributed by atoms with Gasteiger partial charge in [-0.25, -0.2) is 4.98 Å². The van der Waals surface area contributed by atoms with Crippen LogP contribution in [0.2, 0.25) is 0 Å². The Labute approximate surface area is 174 Å². The SMILES string of the molecule is CCc1noc(-c2cc(Br)cnc2N2CCC(NC3CCCCC3)[C@H](O)C2)n1. The third-order valence-corrected chi connectivity index (χ3v) is 6.22. The van der Waals surface area contributed by atoms with Gasteiger partial charge in [-0.1, -0.05) is 31.3 Å². The van der Waals surface area contributed by atoms with Gasteiger partial charge in [0.25, 0.3) is 5.89 Å². The minimum atomic E-state index is -0.428. The third-order valence-electron chi connectivity index (χ3n) is 5.78. The summed E-state index contributed by atoms with van der Waals surface area (Å²) in [7, 11) is 0. The number of pyridine rings is 1. The molecule has 0 aromatic carbocycles. The van der Waals surface area contributed by atoms with E-state index in [9.17, 15) is 5.11 Å². The van der Waals surface area contributed by atoms with Gasteiger partial charge in [0.1, 0.15) is 5.82 Å². The second-order valence-corrected chi connectivity index (χ2v) is 8.72. The molecule has 1 aliphatic carbocycles. The van der Waals surface area contributed by atoms with Gasteiger partial charge in [0.15, 0.2) is 5.82 Å². The molecule has 1 unspecified atom stereocenters. The van der Waals surface area contributed by atoms with Crippen molar-refractivity contribution in [2.45, 2.75) is 70.1 Å². The Hall–Kier alpha value is -1.51. The molecule has 28 heavy (non-hydrogen) atoms. The minimum Gasteiger partial charge on any atom is -0.390 e. The van der Waals surface area contributed by atoms with Crippen molar-refractivity contribution in [3.8, 4) is 11.5 Å². The van der Waals surface area contributed by atoms with Crippen LogP contribution in [0.1, 0.15) is 51.3 Å². The Balaban J connectivity index is 1.49. The van der Waals surface area contributed by atoms with Crippen LogP contribution in [0.15, 0.2) is 21.3 Å². The molecule has 1 saturated carbocycles. The largest absolute Gasteiger partial charge is 0.390 e. The molecule has 2 N–H and O–H groups in total. The molecule has 1 aliphatic heterocycles. The Kier molecular flexibility index (Phi) is 6.28. The predicted octanol–water partition coefficient (Wildman–Crippen LogP) is 3.32. The molecule has 8 heteroatoms. The highest BCUT2D eigenvalue weighted by Gasteiger charge is 2.32. The molecule has 0 bridgehead atoms. The number of hydrogen-bond donors (Lipinski definition) is 2. The zero-order chi connectivity index (χ0) is 19.5. The predicted molar refractivity (Wildman–Crippen MR) is 111 cm³/mol. The summed E-state index contributed by atoms with van der Waals surface area (Å²) in [5.74, 6) is 1.93. The summed E-state index contributed by atoms with van der Waals surface area (Å²) in [6.45, 7) is 3.37. The van der Waals surface area contributed by atoms with Gasteiger partial charge in [0.2, 0.25) is 0 Å². The van der Waals surface area contributed by atoms with E-state index in [1.807, 2.05) is 13.0 Å². The van der Waals surface area contributed by atoms with E-state index in [1.165, 1.54) is 32.1 Å². The van der Waals surface area contributed by atoms with Gasteiger partial charge in [0, 0.05) is 42.3 Å². The fourth-order valence-electron chi connectivity index (χ4n) is 4.24. The normalized spacial score (nSPS) is 23.9. The molecule has 2 aliphatic rings. The standard InChI is InChI=1S/C20H28BrN5O2/c1-2-18-24-20(28-25-18)15-10-13(21)11-22-19(15)26-9-8-16(17(27)12-26)23-14-6-4-3-5-7-14/h10-11,14,16-17,23,27H,2-9,12H2,1H3/t16?,17-/m1/s1. The fraction of sp³-hybridized carbons (Fsp3) is 0.650. The lowest BCUT2D eigenvalue weighted by molar-refractivity contribution is 0.103. The number of anilines is 1. The molecule has 0 radical (unpaired) electrons. The van der Waals surface area contributed by atoms with Gasteiger partial charge in [-0.3, -0.25) is 0 Å². The number of aryl methyl sites for hydroxylation is 1. The first-order valence-corrected chi connectivity index (χ1v) is 11.1. The molecule has 0 amide bonds. The monoisotopic (exact) mass is 449 g/mol. The van der Waals surface area contributed by atoms with Gasteiger partial charge in [-0.15, -0.1) is 0 Å². The zero-order valence-electron chi connectivity index (χ0n) is 16.3. The molecular formula is C20H28BrN5O2. The summed E-state index contributed by atoms with van der Waals surface area (Å²) in [4.78, 5) is 11.2. The van der Waals surface area contributed by atoms with Gasteiger partial charge >= 0.3 is 0 Å². The first-order valence-electron chi connectivity index (χ1n) is 10.3. The van der Waals surface area contributed by atoms with Crippen LogP contribution >= 0.6 is 15.9 Å². The number of halogens is 1. The van der Waals surface area contributed by atoms with E-state index in [0.29, 0.717) is 24.3 Å². The third kappa shape index (κ3) is 4.39. The number of aliphatic hydroxyl groups excluding tert-OH is 1. The second kappa shape index (κ2) is 8.88. The van der Waals surface area contributed by atoms with Crippen molar-refractivity contribution >= 4 is 21.7 Å². The van der Waals surface area contributed by atoms with E-state index in [2.05, 4.69) is 41.3 Å². The van der Waals surface area contributed by atoms with E-state index in [0.717, 1.165) is 35.2 Å². The van der Waals surface area contributed by atoms with Crippen LogP contribution in [0.25, 0.3) is 11.5 Å². The van der Waals surface area contributed by atoms with Crippen molar-refractivity contribution in [3.63, 3.8) is 0 Å². The van der Waals surface area contributed by atoms with Crippen molar-refractivity contribution < 1.29 is 9.63 Å². The number of hydrogen-bond acceptors (Lipinski definition) is 7. The van der Waals surface area contributed by atoms with Gasteiger partial charge in [0.05, 0.1) is 11.7 Å². The summed E-state index contributed by atoms with van der Waals surface area (Å²) in [6.07, 6.45) is 9.33. The average Bonchev–Trinajstić information content (AvgIpc) is 3.19. The first kappa shape index (κ1) is 19.8. The summed E-state index contributed by atoms with van der Waals surface area (Å²) in [5.41, 5.74) is 0.799. The van der Waals surface area contributed by atoms with Gasteiger partial charge in [-0.05, 0) is 41.3 Å². The maximum absolute atomic E-state index is 10.8. The summed E-state index contributed by atoms with van der Waals surface area (Å²) < 4.78 is 6.31. The molecule has 0 spiro atoms. The van der Waals surface area contributed by atoms with E-state index >= 15 is 0 Å². The van der Waals surface area contributed by atoms with Crippen molar-refractivity contribution in [3.05, 3.63) is 22.6 Å². The van der Waals surface area contributed by atoms with Crippen molar-refractivity contribution in [1.82, 2.24) is 20.4 Å². The van der Waals surface area contributed by atoms with Crippen LogP contribution in [-0.2, 0) is 6.42 Å². The molecule has 152 valence electrons. The number of rotatable bonds is 5. The summed E-state index contributed by atoms with van der Waals surface area (Å²) in [5, 5.41) is 18.5. The fourth-order valence-corrected chi connectivity index (χ4v) is 4.57. The molecular weight excluding hydrogens is 422 g/mol. The number of aliphatic hydroxyl groups is 1. The Morgan fingerprint density at radius 3 is 2.82 bits per heavy atom. The number of β-amino-alcohol motifs (C(OH)–C–C–N with tert-alkyl or cyclic N) is 1. The highest BCUT2D eigenvalue weighted by molar-refractivity contribution is 9.10.